The van der Waals surface area contributed by atoms with Crippen molar-refractivity contribution in [3.05, 3.63) is 0 Å². The molecule has 12 heavy (non-hydrogen) atoms. The van der Waals surface area contributed by atoms with Crippen LogP contribution in [0.5, 0.6) is 0 Å². The van der Waals surface area contributed by atoms with Crippen LogP contribution in [0.4, 0.5) is 0 Å². The number of likely N-dealkylation sites (tertiary alicyclic amines) is 1. The quantitative estimate of drug-likeness (QED) is 0.440. The van der Waals surface area contributed by atoms with E-state index in [0.29, 0.717) is 0 Å². The largest absolute Gasteiger partial charge is 0.305 e. The third kappa shape index (κ3) is 2.19. The molecular weight excluding hydrogens is 154 g/mol. The summed E-state index contributed by atoms with van der Waals surface area (Å²) in [6.07, 6.45) is 4.52. The predicted molar refractivity (Wildman–Crippen MR) is 47.8 cm³/mol. The second kappa shape index (κ2) is 4.21. The average molecular weight is 173 g/mol. The van der Waals surface area contributed by atoms with Crippen LogP contribution < -0.4 is 0 Å². The Kier molecular flexibility index (Phi) is 3.50. The molecule has 0 N–H and O–H groups in total. The van der Waals surface area contributed by atoms with Crippen LogP contribution >= 0.6 is 0 Å². The molecule has 3 heteroatoms. The van der Waals surface area contributed by atoms with Crippen molar-refractivity contribution < 1.29 is 9.78 Å². The summed E-state index contributed by atoms with van der Waals surface area (Å²) in [5.41, 5.74) is 0.842. The Hall–Kier alpha value is -0.120. The minimum absolute atomic E-state index is 0.842. The average Bonchev–Trinajstić information content (AvgIpc) is 1.95. The maximum atomic E-state index is 4.04. The van der Waals surface area contributed by atoms with Crippen LogP contribution in [0.3, 0.4) is 0 Å². The van der Waals surface area contributed by atoms with E-state index >= 15 is 0 Å². The molecule has 72 valence electrons. The molecule has 2 rings (SSSR count). The zero-order chi connectivity index (χ0) is 9.03. The lowest BCUT2D eigenvalue weighted by atomic mass is 9.64. The van der Waals surface area contributed by atoms with Gasteiger partial charge in [0.15, 0.2) is 0 Å². The fourth-order valence-electron chi connectivity index (χ4n) is 2.09. The number of rotatable bonds is 1. The van der Waals surface area contributed by atoms with E-state index in [2.05, 4.69) is 21.7 Å². The molecule has 0 aromatic rings. The lowest BCUT2D eigenvalue weighted by Gasteiger charge is -2.54. The molecule has 1 aliphatic carbocycles. The molecule has 0 atom stereocenters. The molecule has 1 aliphatic heterocycles. The third-order valence-electron chi connectivity index (χ3n) is 2.79. The second-order valence-corrected chi connectivity index (χ2v) is 3.86. The highest BCUT2D eigenvalue weighted by Crippen LogP contribution is 2.47. The zero-order valence-corrected chi connectivity index (χ0v) is 8.30. The fourth-order valence-corrected chi connectivity index (χ4v) is 2.09. The smallest absolute Gasteiger partial charge is 0.0712 e. The van der Waals surface area contributed by atoms with Gasteiger partial charge in [0, 0.05) is 13.1 Å². The van der Waals surface area contributed by atoms with Crippen molar-refractivity contribution in [3.63, 3.8) is 0 Å². The van der Waals surface area contributed by atoms with Gasteiger partial charge in [-0.3, -0.25) is 0 Å². The van der Waals surface area contributed by atoms with Gasteiger partial charge in [-0.15, -0.1) is 0 Å². The van der Waals surface area contributed by atoms with Crippen molar-refractivity contribution in [2.45, 2.75) is 19.3 Å². The van der Waals surface area contributed by atoms with Gasteiger partial charge in [-0.2, -0.15) is 0 Å². The molecule has 0 bridgehead atoms. The van der Waals surface area contributed by atoms with Crippen LogP contribution in [0.25, 0.3) is 0 Å². The molecule has 0 aromatic heterocycles. The molecule has 0 amide bonds. The Balaban J connectivity index is 0.000000157. The normalized spacial score (nSPS) is 25.2. The molecule has 0 radical (unpaired) electrons. The van der Waals surface area contributed by atoms with Crippen molar-refractivity contribution >= 4 is 0 Å². The topological polar surface area (TPSA) is 21.7 Å². The highest BCUT2D eigenvalue weighted by atomic mass is 17.2. The van der Waals surface area contributed by atoms with E-state index < -0.39 is 0 Å². The highest BCUT2D eigenvalue weighted by Gasteiger charge is 2.45. The van der Waals surface area contributed by atoms with E-state index in [0.717, 1.165) is 5.41 Å². The van der Waals surface area contributed by atoms with Crippen LogP contribution in [0.15, 0.2) is 0 Å². The van der Waals surface area contributed by atoms with E-state index in [1.165, 1.54) is 46.6 Å². The summed E-state index contributed by atoms with van der Waals surface area (Å²) in [5.74, 6) is 0. The van der Waals surface area contributed by atoms with E-state index in [-0.39, 0.29) is 0 Å². The Bertz CT molecular complexity index is 124. The molecule has 0 aromatic carbocycles. The minimum atomic E-state index is 0.842. The van der Waals surface area contributed by atoms with Gasteiger partial charge in [0.05, 0.1) is 14.2 Å². The maximum absolute atomic E-state index is 4.04. The maximum Gasteiger partial charge on any atom is 0.0712 e. The van der Waals surface area contributed by atoms with E-state index in [9.17, 15) is 0 Å². The number of hydrogen-bond donors (Lipinski definition) is 0. The van der Waals surface area contributed by atoms with Gasteiger partial charge in [-0.1, -0.05) is 6.42 Å². The van der Waals surface area contributed by atoms with Gasteiger partial charge in [-0.25, -0.2) is 9.78 Å². The second-order valence-electron chi connectivity index (χ2n) is 3.86. The summed E-state index contributed by atoms with van der Waals surface area (Å²) in [4.78, 5) is 10.5. The highest BCUT2D eigenvalue weighted by molar-refractivity contribution is 4.98. The molecule has 1 saturated carbocycles. The first-order chi connectivity index (χ1) is 5.72. The standard InChI is InChI=1S/C7H13N.C2H6O2/c1-8-5-7(6-8)3-2-4-7;1-3-4-2/h2-6H2,1H3;1-2H3. The molecule has 0 unspecified atom stereocenters. The van der Waals surface area contributed by atoms with Crippen LogP contribution in [0.2, 0.25) is 0 Å². The van der Waals surface area contributed by atoms with Gasteiger partial charge in [0.25, 0.3) is 0 Å². The van der Waals surface area contributed by atoms with Crippen LogP contribution in [-0.4, -0.2) is 39.3 Å². The predicted octanol–water partition coefficient (Wildman–Crippen LogP) is 1.30. The van der Waals surface area contributed by atoms with E-state index in [1.54, 1.807) is 0 Å². The summed E-state index contributed by atoms with van der Waals surface area (Å²) in [5, 5.41) is 0. The van der Waals surface area contributed by atoms with Crippen molar-refractivity contribution in [2.75, 3.05) is 34.4 Å². The number of nitrogens with zero attached hydrogens (tertiary/aromatic N) is 1. The van der Waals surface area contributed by atoms with Gasteiger partial charge in [0.2, 0.25) is 0 Å². The summed E-state index contributed by atoms with van der Waals surface area (Å²) in [7, 11) is 5.13. The zero-order valence-electron chi connectivity index (χ0n) is 8.30. The molecule has 1 heterocycles. The van der Waals surface area contributed by atoms with Crippen molar-refractivity contribution in [3.8, 4) is 0 Å². The lowest BCUT2D eigenvalue weighted by Crippen LogP contribution is -2.57. The summed E-state index contributed by atoms with van der Waals surface area (Å²) in [6, 6.07) is 0. The van der Waals surface area contributed by atoms with Crippen LogP contribution in [0.1, 0.15) is 19.3 Å². The first-order valence-electron chi connectivity index (χ1n) is 4.48. The summed E-state index contributed by atoms with van der Waals surface area (Å²) < 4.78 is 0. The Morgan fingerprint density at radius 3 is 1.67 bits per heavy atom. The number of hydrogen-bond acceptors (Lipinski definition) is 3. The van der Waals surface area contributed by atoms with Crippen molar-refractivity contribution in [2.24, 2.45) is 5.41 Å². The Labute approximate surface area is 74.6 Å². The molecule has 2 aliphatic rings. The fraction of sp³-hybridized carbons (Fsp3) is 1.00. The Morgan fingerprint density at radius 1 is 1.08 bits per heavy atom. The van der Waals surface area contributed by atoms with Gasteiger partial charge < -0.3 is 4.90 Å². The summed E-state index contributed by atoms with van der Waals surface area (Å²) >= 11 is 0. The monoisotopic (exact) mass is 173 g/mol. The third-order valence-corrected chi connectivity index (χ3v) is 2.79. The molecule has 1 spiro atoms. The van der Waals surface area contributed by atoms with Gasteiger partial charge >= 0.3 is 0 Å². The molecule has 2 fully saturated rings. The lowest BCUT2D eigenvalue weighted by molar-refractivity contribution is -0.248. The molecule has 3 nitrogen and oxygen atoms in total. The van der Waals surface area contributed by atoms with Crippen molar-refractivity contribution in [1.29, 1.82) is 0 Å². The van der Waals surface area contributed by atoms with Gasteiger partial charge in [-0.05, 0) is 25.3 Å². The first kappa shape index (κ1) is 9.96. The first-order valence-corrected chi connectivity index (χ1v) is 4.48. The van der Waals surface area contributed by atoms with E-state index in [1.807, 2.05) is 0 Å². The molecule has 1 saturated heterocycles. The SMILES string of the molecule is CN1CC2(CCC2)C1.COOC. The van der Waals surface area contributed by atoms with E-state index in [4.69, 9.17) is 0 Å². The van der Waals surface area contributed by atoms with Crippen LogP contribution in [0, 0.1) is 5.41 Å². The van der Waals surface area contributed by atoms with Gasteiger partial charge in [0.1, 0.15) is 0 Å². The van der Waals surface area contributed by atoms with Crippen molar-refractivity contribution in [1.82, 2.24) is 4.90 Å². The Morgan fingerprint density at radius 2 is 1.58 bits per heavy atom. The minimum Gasteiger partial charge on any atom is -0.305 e. The molecular formula is C9H19NO2. The summed E-state index contributed by atoms with van der Waals surface area (Å²) in [6.45, 7) is 2.76. The van der Waals surface area contributed by atoms with Crippen LogP contribution in [-0.2, 0) is 9.78 Å².